The number of rotatable bonds is 4. The molecule has 29 heavy (non-hydrogen) atoms. The molecule has 2 aromatic heterocycles. The molecule has 0 aliphatic carbocycles. The lowest BCUT2D eigenvalue weighted by atomic mass is 10.2. The van der Waals surface area contributed by atoms with Crippen molar-refractivity contribution < 1.29 is 18.1 Å². The fourth-order valence-corrected chi connectivity index (χ4v) is 3.58. The second kappa shape index (κ2) is 7.21. The van der Waals surface area contributed by atoms with Gasteiger partial charge in [0.05, 0.1) is 21.5 Å². The van der Waals surface area contributed by atoms with Crippen LogP contribution in [0.5, 0.6) is 0 Å². The van der Waals surface area contributed by atoms with Crippen LogP contribution in [-0.2, 0) is 6.18 Å². The van der Waals surface area contributed by atoms with Crippen molar-refractivity contribution in [2.24, 2.45) is 0 Å². The average Bonchev–Trinajstić information content (AvgIpc) is 3.12. The van der Waals surface area contributed by atoms with Crippen LogP contribution in [0.2, 0.25) is 0 Å². The van der Waals surface area contributed by atoms with Crippen molar-refractivity contribution in [1.82, 2.24) is 15.0 Å². The molecule has 1 N–H and O–H groups in total. The smallest absolute Gasteiger partial charge is 0.338 e. The first-order chi connectivity index (χ1) is 13.8. The summed E-state index contributed by atoms with van der Waals surface area (Å²) in [7, 11) is 0. The molecular weight excluding hydrogens is 405 g/mol. The molecule has 0 radical (unpaired) electrons. The van der Waals surface area contributed by atoms with E-state index in [9.17, 15) is 23.3 Å². The number of nitrogens with one attached hydrogen (secondary N) is 1. The fraction of sp³-hybridized carbons (Fsp3) is 0.0526. The maximum Gasteiger partial charge on any atom is 0.417 e. The fourth-order valence-electron chi connectivity index (χ4n) is 2.71. The topological polar surface area (TPSA) is 84.7 Å². The Morgan fingerprint density at radius 1 is 1.07 bits per heavy atom. The van der Waals surface area contributed by atoms with Crippen molar-refractivity contribution in [2.45, 2.75) is 16.1 Å². The standard InChI is InChI=1S/C19H11F3N4O2S/c20-19(21,22)11-5-8-17(23-10-11)29-16-7-6-12(26(27)28)9-13(16)18-24-14-3-1-2-4-15(14)25-18/h1-10H,(H,24,25). The lowest BCUT2D eigenvalue weighted by molar-refractivity contribution is -0.384. The first kappa shape index (κ1) is 18.9. The molecule has 0 unspecified atom stereocenters. The number of alkyl halides is 3. The van der Waals surface area contributed by atoms with Gasteiger partial charge in [-0.05, 0) is 30.3 Å². The monoisotopic (exact) mass is 416 g/mol. The molecule has 0 saturated heterocycles. The number of para-hydroxylation sites is 2. The third-order valence-electron chi connectivity index (χ3n) is 4.10. The predicted octanol–water partition coefficient (Wildman–Crippen LogP) is 5.70. The Kier molecular flexibility index (Phi) is 4.71. The average molecular weight is 416 g/mol. The van der Waals surface area contributed by atoms with Gasteiger partial charge in [-0.15, -0.1) is 0 Å². The number of hydrogen-bond donors (Lipinski definition) is 1. The summed E-state index contributed by atoms with van der Waals surface area (Å²) in [5, 5.41) is 11.5. The number of nitro benzene ring substituents is 1. The first-order valence-corrected chi connectivity index (χ1v) is 9.07. The Bertz CT molecular complexity index is 1170. The van der Waals surface area contributed by atoms with Crippen LogP contribution in [0.15, 0.2) is 70.7 Å². The molecule has 0 saturated carbocycles. The number of aromatic nitrogens is 3. The zero-order valence-electron chi connectivity index (χ0n) is 14.5. The van der Waals surface area contributed by atoms with Crippen molar-refractivity contribution in [3.05, 3.63) is 76.5 Å². The zero-order valence-corrected chi connectivity index (χ0v) is 15.3. The third kappa shape index (κ3) is 3.92. The Morgan fingerprint density at radius 3 is 2.52 bits per heavy atom. The molecule has 4 aromatic rings. The minimum Gasteiger partial charge on any atom is -0.338 e. The van der Waals surface area contributed by atoms with Gasteiger partial charge in [0, 0.05) is 28.8 Å². The Morgan fingerprint density at radius 2 is 1.86 bits per heavy atom. The van der Waals surface area contributed by atoms with E-state index in [0.717, 1.165) is 29.5 Å². The lowest BCUT2D eigenvalue weighted by Gasteiger charge is -2.09. The van der Waals surface area contributed by atoms with Crippen molar-refractivity contribution in [2.75, 3.05) is 0 Å². The summed E-state index contributed by atoms with van der Waals surface area (Å²) in [5.74, 6) is 0.421. The molecule has 2 aromatic carbocycles. The number of fused-ring (bicyclic) bond motifs is 1. The third-order valence-corrected chi connectivity index (χ3v) is 5.12. The number of aromatic amines is 1. The predicted molar refractivity (Wildman–Crippen MR) is 102 cm³/mol. The van der Waals surface area contributed by atoms with E-state index in [2.05, 4.69) is 15.0 Å². The van der Waals surface area contributed by atoms with Gasteiger partial charge in [-0.3, -0.25) is 10.1 Å². The maximum absolute atomic E-state index is 12.7. The van der Waals surface area contributed by atoms with Crippen molar-refractivity contribution >= 4 is 28.5 Å². The molecule has 0 spiro atoms. The maximum atomic E-state index is 12.7. The number of benzene rings is 2. The summed E-state index contributed by atoms with van der Waals surface area (Å²) in [6.45, 7) is 0. The molecule has 10 heteroatoms. The molecular formula is C19H11F3N4O2S. The van der Waals surface area contributed by atoms with E-state index in [0.29, 0.717) is 26.8 Å². The lowest BCUT2D eigenvalue weighted by Crippen LogP contribution is -2.05. The number of halogens is 3. The van der Waals surface area contributed by atoms with Crippen molar-refractivity contribution in [3.63, 3.8) is 0 Å². The normalized spacial score (nSPS) is 11.7. The van der Waals surface area contributed by atoms with E-state index in [1.165, 1.54) is 24.3 Å². The van der Waals surface area contributed by atoms with Crippen molar-refractivity contribution in [3.8, 4) is 11.4 Å². The highest BCUT2D eigenvalue weighted by Crippen LogP contribution is 2.38. The van der Waals surface area contributed by atoms with Crippen LogP contribution >= 0.6 is 11.8 Å². The number of nitro groups is 1. The van der Waals surface area contributed by atoms with Crippen LogP contribution in [-0.4, -0.2) is 19.9 Å². The number of pyridine rings is 1. The minimum atomic E-state index is -4.47. The molecule has 0 bridgehead atoms. The van der Waals surface area contributed by atoms with E-state index in [1.54, 1.807) is 6.07 Å². The largest absolute Gasteiger partial charge is 0.417 e. The molecule has 146 valence electrons. The first-order valence-electron chi connectivity index (χ1n) is 8.26. The van der Waals surface area contributed by atoms with Gasteiger partial charge in [0.25, 0.3) is 5.69 Å². The van der Waals surface area contributed by atoms with Gasteiger partial charge in [0.15, 0.2) is 0 Å². The second-order valence-corrected chi connectivity index (χ2v) is 7.09. The SMILES string of the molecule is O=[N+]([O-])c1ccc(Sc2ccc(C(F)(F)F)cn2)c(-c2nc3ccccc3[nH]2)c1. The van der Waals surface area contributed by atoms with Crippen molar-refractivity contribution in [1.29, 1.82) is 0 Å². The summed E-state index contributed by atoms with van der Waals surface area (Å²) in [6, 6.07) is 13.7. The number of hydrogen-bond acceptors (Lipinski definition) is 5. The van der Waals surface area contributed by atoms with Crippen LogP contribution in [0.3, 0.4) is 0 Å². The van der Waals surface area contributed by atoms with E-state index in [-0.39, 0.29) is 5.69 Å². The van der Waals surface area contributed by atoms with Gasteiger partial charge in [-0.2, -0.15) is 13.2 Å². The van der Waals surface area contributed by atoms with Gasteiger partial charge in [0.2, 0.25) is 0 Å². The summed E-state index contributed by atoms with van der Waals surface area (Å²) in [6.07, 6.45) is -3.71. The molecule has 0 aliphatic heterocycles. The molecule has 2 heterocycles. The molecule has 0 atom stereocenters. The van der Waals surface area contributed by atoms with Crippen LogP contribution in [0.1, 0.15) is 5.56 Å². The highest BCUT2D eigenvalue weighted by molar-refractivity contribution is 7.99. The van der Waals surface area contributed by atoms with Crippen LogP contribution < -0.4 is 0 Å². The highest BCUT2D eigenvalue weighted by Gasteiger charge is 2.30. The van der Waals surface area contributed by atoms with E-state index >= 15 is 0 Å². The molecule has 4 rings (SSSR count). The minimum absolute atomic E-state index is 0.120. The molecule has 0 fully saturated rings. The number of nitrogens with zero attached hydrogens (tertiary/aromatic N) is 3. The van der Waals surface area contributed by atoms with E-state index in [1.807, 2.05) is 18.2 Å². The molecule has 0 amide bonds. The Hall–Kier alpha value is -3.40. The molecule has 6 nitrogen and oxygen atoms in total. The number of imidazole rings is 1. The Balaban J connectivity index is 1.76. The van der Waals surface area contributed by atoms with Gasteiger partial charge < -0.3 is 4.98 Å². The van der Waals surface area contributed by atoms with Crippen LogP contribution in [0.25, 0.3) is 22.4 Å². The van der Waals surface area contributed by atoms with Crippen LogP contribution in [0, 0.1) is 10.1 Å². The van der Waals surface area contributed by atoms with Gasteiger partial charge >= 0.3 is 6.18 Å². The van der Waals surface area contributed by atoms with Crippen LogP contribution in [0.4, 0.5) is 18.9 Å². The van der Waals surface area contributed by atoms with Gasteiger partial charge in [0.1, 0.15) is 10.9 Å². The number of H-pyrrole nitrogens is 1. The zero-order chi connectivity index (χ0) is 20.6. The van der Waals surface area contributed by atoms with E-state index in [4.69, 9.17) is 0 Å². The quantitative estimate of drug-likeness (QED) is 0.341. The van der Waals surface area contributed by atoms with E-state index < -0.39 is 16.7 Å². The number of non-ortho nitro benzene ring substituents is 1. The summed E-state index contributed by atoms with van der Waals surface area (Å²) in [4.78, 5) is 22.7. The van der Waals surface area contributed by atoms with Gasteiger partial charge in [-0.1, -0.05) is 23.9 Å². The summed E-state index contributed by atoms with van der Waals surface area (Å²) < 4.78 is 38.2. The molecule has 0 aliphatic rings. The summed E-state index contributed by atoms with van der Waals surface area (Å²) in [5.41, 5.74) is 0.950. The second-order valence-electron chi connectivity index (χ2n) is 6.03. The Labute approximate surface area is 166 Å². The summed E-state index contributed by atoms with van der Waals surface area (Å²) >= 11 is 1.10. The highest BCUT2D eigenvalue weighted by atomic mass is 32.2. The van der Waals surface area contributed by atoms with Gasteiger partial charge in [-0.25, -0.2) is 9.97 Å².